The summed E-state index contributed by atoms with van der Waals surface area (Å²) in [6.07, 6.45) is 3.84. The molecule has 1 N–H and O–H groups in total. The van der Waals surface area contributed by atoms with E-state index in [0.717, 1.165) is 19.3 Å². The van der Waals surface area contributed by atoms with Crippen LogP contribution < -0.4 is 14.8 Å². The van der Waals surface area contributed by atoms with Crippen molar-refractivity contribution in [2.24, 2.45) is 17.8 Å². The lowest BCUT2D eigenvalue weighted by Gasteiger charge is -2.36. The summed E-state index contributed by atoms with van der Waals surface area (Å²) < 4.78 is 15.6. The normalized spacial score (nSPS) is 24.1. The monoisotopic (exact) mass is 375 g/mol. The number of rotatable bonds is 6. The van der Waals surface area contributed by atoms with E-state index < -0.39 is 11.9 Å². The lowest BCUT2D eigenvalue weighted by Crippen LogP contribution is -2.40. The van der Waals surface area contributed by atoms with Gasteiger partial charge in [0.1, 0.15) is 17.3 Å². The first-order valence-electron chi connectivity index (χ1n) is 9.24. The summed E-state index contributed by atoms with van der Waals surface area (Å²) in [4.78, 5) is 36.7. The van der Waals surface area contributed by atoms with Gasteiger partial charge in [-0.1, -0.05) is 6.42 Å². The van der Waals surface area contributed by atoms with Gasteiger partial charge in [0.2, 0.25) is 0 Å². The number of anilines is 1. The molecular weight excluding hydrogens is 350 g/mol. The number of ether oxygens (including phenoxy) is 3. The van der Waals surface area contributed by atoms with Crippen molar-refractivity contribution in [1.29, 1.82) is 0 Å². The molecule has 0 heterocycles. The van der Waals surface area contributed by atoms with E-state index in [1.54, 1.807) is 18.2 Å². The van der Waals surface area contributed by atoms with Gasteiger partial charge in [-0.3, -0.25) is 14.4 Å². The van der Waals surface area contributed by atoms with Crippen LogP contribution in [0, 0.1) is 17.8 Å². The molecule has 2 bridgehead atoms. The molecule has 7 nitrogen and oxygen atoms in total. The van der Waals surface area contributed by atoms with Gasteiger partial charge in [0.05, 0.1) is 25.8 Å². The minimum absolute atomic E-state index is 0.0232. The Morgan fingerprint density at radius 3 is 2.44 bits per heavy atom. The van der Waals surface area contributed by atoms with Gasteiger partial charge < -0.3 is 19.5 Å². The van der Waals surface area contributed by atoms with E-state index in [4.69, 9.17) is 14.2 Å². The third kappa shape index (κ3) is 4.40. The summed E-state index contributed by atoms with van der Waals surface area (Å²) >= 11 is 0. The van der Waals surface area contributed by atoms with Crippen molar-refractivity contribution >= 4 is 23.3 Å². The van der Waals surface area contributed by atoms with E-state index in [1.807, 2.05) is 0 Å². The second kappa shape index (κ2) is 8.41. The van der Waals surface area contributed by atoms with E-state index >= 15 is 0 Å². The summed E-state index contributed by atoms with van der Waals surface area (Å²) in [6.45, 7) is -0.376. The zero-order chi connectivity index (χ0) is 19.4. The zero-order valence-corrected chi connectivity index (χ0v) is 15.7. The number of carbonyl (C=O) groups is 3. The number of methoxy groups -OCH3 is 2. The van der Waals surface area contributed by atoms with Crippen LogP contribution in [0.15, 0.2) is 18.2 Å². The number of benzene rings is 1. The third-order valence-corrected chi connectivity index (χ3v) is 5.41. The molecule has 0 aliphatic heterocycles. The molecule has 3 rings (SSSR count). The number of fused-ring (bicyclic) bond motifs is 2. The van der Waals surface area contributed by atoms with Gasteiger partial charge in [0.25, 0.3) is 5.91 Å². The molecule has 146 valence electrons. The fourth-order valence-corrected chi connectivity index (χ4v) is 4.02. The van der Waals surface area contributed by atoms with Gasteiger partial charge in [-0.05, 0) is 37.8 Å². The van der Waals surface area contributed by atoms with E-state index in [0.29, 0.717) is 35.8 Å². The Hall–Kier alpha value is -2.57. The molecule has 7 heteroatoms. The first-order chi connectivity index (χ1) is 13.0. The Balaban J connectivity index is 1.53. The molecule has 0 saturated heterocycles. The Labute approximate surface area is 158 Å². The van der Waals surface area contributed by atoms with Crippen LogP contribution in [0.5, 0.6) is 11.5 Å². The van der Waals surface area contributed by atoms with Gasteiger partial charge >= 0.3 is 5.97 Å². The fourth-order valence-electron chi connectivity index (χ4n) is 4.02. The van der Waals surface area contributed by atoms with Crippen LogP contribution in [0.1, 0.15) is 32.1 Å². The van der Waals surface area contributed by atoms with Gasteiger partial charge in [0.15, 0.2) is 6.61 Å². The topological polar surface area (TPSA) is 90.9 Å². The highest BCUT2D eigenvalue weighted by atomic mass is 16.5. The first kappa shape index (κ1) is 19.2. The summed E-state index contributed by atoms with van der Waals surface area (Å²) in [6, 6.07) is 5.03. The summed E-state index contributed by atoms with van der Waals surface area (Å²) in [5.41, 5.74) is 0.440. The van der Waals surface area contributed by atoms with Crippen LogP contribution in [0.4, 0.5) is 5.69 Å². The second-order valence-corrected chi connectivity index (χ2v) is 7.12. The molecule has 0 aromatic heterocycles. The van der Waals surface area contributed by atoms with Gasteiger partial charge in [-0.25, -0.2) is 0 Å². The molecule has 2 atom stereocenters. The second-order valence-electron chi connectivity index (χ2n) is 7.12. The van der Waals surface area contributed by atoms with E-state index in [9.17, 15) is 14.4 Å². The molecular formula is C20H25NO6. The minimum Gasteiger partial charge on any atom is -0.497 e. The number of esters is 1. The standard InChI is InChI=1S/C20H25NO6/c1-25-15-6-7-17(26-2)16(10-15)21-18(22)11-27-20(24)14-8-12-4-3-5-13(9-14)19(12)23/h6-7,10,12-14H,3-5,8-9,11H2,1-2H3,(H,21,22)/t12-,13-/m1/s1. The largest absolute Gasteiger partial charge is 0.497 e. The number of Topliss-reactive ketones (excluding diaryl/α,β-unsaturated/α-hetero) is 1. The van der Waals surface area contributed by atoms with Gasteiger partial charge in [0, 0.05) is 17.9 Å². The van der Waals surface area contributed by atoms with Crippen LogP contribution >= 0.6 is 0 Å². The number of carbonyl (C=O) groups excluding carboxylic acids is 3. The molecule has 1 aromatic rings. The average molecular weight is 375 g/mol. The third-order valence-electron chi connectivity index (χ3n) is 5.41. The summed E-state index contributed by atoms with van der Waals surface area (Å²) in [5, 5.41) is 2.67. The van der Waals surface area contributed by atoms with Crippen molar-refractivity contribution < 1.29 is 28.6 Å². The first-order valence-corrected chi connectivity index (χ1v) is 9.24. The smallest absolute Gasteiger partial charge is 0.309 e. The fraction of sp³-hybridized carbons (Fsp3) is 0.550. The Kier molecular flexibility index (Phi) is 5.98. The van der Waals surface area contributed by atoms with Crippen LogP contribution in [-0.2, 0) is 19.1 Å². The number of nitrogens with one attached hydrogen (secondary N) is 1. The molecule has 27 heavy (non-hydrogen) atoms. The molecule has 2 aliphatic carbocycles. The summed E-state index contributed by atoms with van der Waals surface area (Å²) in [5.74, 6) is 0.157. The van der Waals surface area contributed by atoms with Gasteiger partial charge in [-0.15, -0.1) is 0 Å². The predicted octanol–water partition coefficient (Wildman–Crippen LogP) is 2.58. The molecule has 1 amide bonds. The Bertz CT molecular complexity index is 715. The van der Waals surface area contributed by atoms with Crippen LogP contribution in [0.2, 0.25) is 0 Å². The highest BCUT2D eigenvalue weighted by Gasteiger charge is 2.41. The van der Waals surface area contributed by atoms with Crippen molar-refractivity contribution in [3.05, 3.63) is 18.2 Å². The highest BCUT2D eigenvalue weighted by Crippen LogP contribution is 2.40. The molecule has 0 unspecified atom stereocenters. The van der Waals surface area contributed by atoms with E-state index in [1.165, 1.54) is 14.2 Å². The molecule has 2 saturated carbocycles. The quantitative estimate of drug-likeness (QED) is 0.769. The number of hydrogen-bond donors (Lipinski definition) is 1. The van der Waals surface area contributed by atoms with Crippen molar-refractivity contribution in [2.45, 2.75) is 32.1 Å². The van der Waals surface area contributed by atoms with E-state index in [2.05, 4.69) is 5.32 Å². The Morgan fingerprint density at radius 2 is 1.81 bits per heavy atom. The van der Waals surface area contributed by atoms with Gasteiger partial charge in [-0.2, -0.15) is 0 Å². The Morgan fingerprint density at radius 1 is 1.11 bits per heavy atom. The van der Waals surface area contributed by atoms with Crippen molar-refractivity contribution in [1.82, 2.24) is 0 Å². The zero-order valence-electron chi connectivity index (χ0n) is 15.7. The maximum absolute atomic E-state index is 12.4. The highest BCUT2D eigenvalue weighted by molar-refractivity contribution is 5.94. The maximum Gasteiger partial charge on any atom is 0.309 e. The predicted molar refractivity (Wildman–Crippen MR) is 97.7 cm³/mol. The van der Waals surface area contributed by atoms with Crippen LogP contribution in [0.3, 0.4) is 0 Å². The van der Waals surface area contributed by atoms with Crippen molar-refractivity contribution in [3.63, 3.8) is 0 Å². The number of ketones is 1. The number of amides is 1. The molecule has 2 fully saturated rings. The molecule has 1 aromatic carbocycles. The lowest BCUT2D eigenvalue weighted by atomic mass is 9.67. The van der Waals surface area contributed by atoms with Crippen LogP contribution in [-0.4, -0.2) is 38.5 Å². The summed E-state index contributed by atoms with van der Waals surface area (Å²) in [7, 11) is 3.03. The lowest BCUT2D eigenvalue weighted by molar-refractivity contribution is -0.155. The minimum atomic E-state index is -0.456. The number of hydrogen-bond acceptors (Lipinski definition) is 6. The molecule has 2 aliphatic rings. The van der Waals surface area contributed by atoms with E-state index in [-0.39, 0.29) is 24.4 Å². The average Bonchev–Trinajstić information content (AvgIpc) is 2.65. The SMILES string of the molecule is COc1ccc(OC)c(NC(=O)COC(=O)C2C[C@H]3CCC[C@H](C2)C3=O)c1. The van der Waals surface area contributed by atoms with Crippen LogP contribution in [0.25, 0.3) is 0 Å². The van der Waals surface area contributed by atoms with Crippen molar-refractivity contribution in [3.8, 4) is 11.5 Å². The molecule has 0 spiro atoms. The molecule has 0 radical (unpaired) electrons. The maximum atomic E-state index is 12.4. The van der Waals surface area contributed by atoms with Crippen molar-refractivity contribution in [2.75, 3.05) is 26.1 Å².